The molecule has 118 valence electrons. The van der Waals surface area contributed by atoms with Crippen LogP contribution < -0.4 is 10.6 Å². The van der Waals surface area contributed by atoms with Gasteiger partial charge in [0, 0.05) is 18.1 Å². The third-order valence-corrected chi connectivity index (χ3v) is 5.42. The van der Waals surface area contributed by atoms with Gasteiger partial charge in [-0.05, 0) is 49.1 Å². The first-order chi connectivity index (χ1) is 10.6. The average Bonchev–Trinajstić information content (AvgIpc) is 3.18. The number of rotatable bonds is 4. The average molecular weight is 338 g/mol. The highest BCUT2D eigenvalue weighted by molar-refractivity contribution is 7.14. The van der Waals surface area contributed by atoms with Crippen molar-refractivity contribution in [1.29, 1.82) is 0 Å². The molecule has 8 heteroatoms. The molecule has 0 aromatic carbocycles. The van der Waals surface area contributed by atoms with E-state index in [4.69, 9.17) is 0 Å². The second-order valence-corrected chi connectivity index (χ2v) is 7.19. The van der Waals surface area contributed by atoms with Crippen LogP contribution in [0.4, 0.5) is 9.93 Å². The summed E-state index contributed by atoms with van der Waals surface area (Å²) >= 11 is 2.77. The fourth-order valence-corrected chi connectivity index (χ4v) is 4.07. The van der Waals surface area contributed by atoms with Crippen LogP contribution in [0.25, 0.3) is 10.7 Å². The summed E-state index contributed by atoms with van der Waals surface area (Å²) in [5.41, 5.74) is 1.14. The summed E-state index contributed by atoms with van der Waals surface area (Å²) in [7, 11) is 0. The summed E-state index contributed by atoms with van der Waals surface area (Å²) in [5, 5.41) is 17.5. The second-order valence-electron chi connectivity index (χ2n) is 5.52. The molecular formula is C14H18N4O2S2. The highest BCUT2D eigenvalue weighted by Gasteiger charge is 2.23. The van der Waals surface area contributed by atoms with Gasteiger partial charge in [0.25, 0.3) is 0 Å². The van der Waals surface area contributed by atoms with Crippen molar-refractivity contribution >= 4 is 34.0 Å². The van der Waals surface area contributed by atoms with Gasteiger partial charge in [-0.3, -0.25) is 5.32 Å². The third-order valence-electron chi connectivity index (χ3n) is 3.78. The Kier molecular flexibility index (Phi) is 4.70. The number of nitrogens with one attached hydrogen (secondary N) is 2. The molecule has 0 saturated heterocycles. The van der Waals surface area contributed by atoms with Crippen molar-refractivity contribution in [1.82, 2.24) is 14.7 Å². The van der Waals surface area contributed by atoms with Crippen LogP contribution in [-0.4, -0.2) is 33.1 Å². The quantitative estimate of drug-likeness (QED) is 0.800. The van der Waals surface area contributed by atoms with E-state index < -0.39 is 0 Å². The molecule has 0 radical (unpaired) electrons. The minimum atomic E-state index is -0.271. The molecule has 1 fully saturated rings. The molecule has 3 N–H and O–H groups in total. The summed E-state index contributed by atoms with van der Waals surface area (Å²) in [5.74, 6) is 1.02. The Bertz CT molecular complexity index is 655. The SMILES string of the molecule is Cc1ccsc1-c1nsc(NC(=O)NC[C@H]2CC[C@@H](O)C2)n1. The first-order valence-corrected chi connectivity index (χ1v) is 8.88. The van der Waals surface area contributed by atoms with Crippen molar-refractivity contribution in [2.45, 2.75) is 32.3 Å². The monoisotopic (exact) mass is 338 g/mol. The van der Waals surface area contributed by atoms with Crippen LogP contribution in [0.1, 0.15) is 24.8 Å². The zero-order valence-electron chi connectivity index (χ0n) is 12.2. The van der Waals surface area contributed by atoms with E-state index in [1.54, 1.807) is 11.3 Å². The van der Waals surface area contributed by atoms with E-state index in [0.29, 0.717) is 23.4 Å². The molecule has 2 atom stereocenters. The molecule has 0 aliphatic heterocycles. The van der Waals surface area contributed by atoms with Crippen LogP contribution in [-0.2, 0) is 0 Å². The van der Waals surface area contributed by atoms with Crippen molar-refractivity contribution in [3.63, 3.8) is 0 Å². The number of hydrogen-bond acceptors (Lipinski definition) is 6. The normalized spacial score (nSPS) is 21.0. The molecule has 0 unspecified atom stereocenters. The maximum Gasteiger partial charge on any atom is 0.321 e. The number of aliphatic hydroxyl groups excluding tert-OH is 1. The minimum Gasteiger partial charge on any atom is -0.393 e. The molecule has 6 nitrogen and oxygen atoms in total. The zero-order valence-corrected chi connectivity index (χ0v) is 13.8. The highest BCUT2D eigenvalue weighted by atomic mass is 32.1. The van der Waals surface area contributed by atoms with E-state index in [2.05, 4.69) is 20.0 Å². The zero-order chi connectivity index (χ0) is 15.5. The van der Waals surface area contributed by atoms with Gasteiger partial charge >= 0.3 is 6.03 Å². The Labute approximate surface area is 136 Å². The number of nitrogens with zero attached hydrogens (tertiary/aromatic N) is 2. The van der Waals surface area contributed by atoms with Crippen LogP contribution >= 0.6 is 22.9 Å². The number of thiophene rings is 1. The lowest BCUT2D eigenvalue weighted by Crippen LogP contribution is -2.32. The molecule has 2 amide bonds. The molecule has 2 aromatic rings. The molecule has 1 aliphatic carbocycles. The number of carbonyl (C=O) groups excluding carboxylic acids is 1. The van der Waals surface area contributed by atoms with E-state index in [0.717, 1.165) is 29.7 Å². The van der Waals surface area contributed by atoms with Crippen LogP contribution in [0.3, 0.4) is 0 Å². The molecule has 0 bridgehead atoms. The van der Waals surface area contributed by atoms with Crippen LogP contribution in [0, 0.1) is 12.8 Å². The van der Waals surface area contributed by atoms with E-state index in [1.165, 1.54) is 11.5 Å². The first-order valence-electron chi connectivity index (χ1n) is 7.23. The van der Waals surface area contributed by atoms with Crippen molar-refractivity contribution in [2.75, 3.05) is 11.9 Å². The molecule has 1 aliphatic rings. The van der Waals surface area contributed by atoms with Gasteiger partial charge in [-0.1, -0.05) is 0 Å². The van der Waals surface area contributed by atoms with Crippen molar-refractivity contribution in [3.8, 4) is 10.7 Å². The van der Waals surface area contributed by atoms with E-state index in [1.807, 2.05) is 18.4 Å². The lowest BCUT2D eigenvalue weighted by Gasteiger charge is -2.10. The van der Waals surface area contributed by atoms with Crippen LogP contribution in [0.2, 0.25) is 0 Å². The van der Waals surface area contributed by atoms with Gasteiger partial charge in [0.15, 0.2) is 5.82 Å². The van der Waals surface area contributed by atoms with E-state index in [9.17, 15) is 9.90 Å². The molecular weight excluding hydrogens is 320 g/mol. The van der Waals surface area contributed by atoms with E-state index in [-0.39, 0.29) is 12.1 Å². The topological polar surface area (TPSA) is 87.1 Å². The number of anilines is 1. The summed E-state index contributed by atoms with van der Waals surface area (Å²) in [4.78, 5) is 17.3. The Morgan fingerprint density at radius 3 is 3.05 bits per heavy atom. The Balaban J connectivity index is 1.52. The maximum absolute atomic E-state index is 11.9. The molecule has 0 spiro atoms. The van der Waals surface area contributed by atoms with Gasteiger partial charge in [-0.15, -0.1) is 11.3 Å². The number of amides is 2. The third kappa shape index (κ3) is 3.63. The number of aliphatic hydroxyl groups is 1. The maximum atomic E-state index is 11.9. The highest BCUT2D eigenvalue weighted by Crippen LogP contribution is 2.29. The Morgan fingerprint density at radius 2 is 2.36 bits per heavy atom. The van der Waals surface area contributed by atoms with Crippen LogP contribution in [0.15, 0.2) is 11.4 Å². The van der Waals surface area contributed by atoms with Gasteiger partial charge in [-0.2, -0.15) is 9.36 Å². The fraction of sp³-hybridized carbons (Fsp3) is 0.500. The first kappa shape index (κ1) is 15.4. The minimum absolute atomic E-state index is 0.213. The number of aromatic nitrogens is 2. The van der Waals surface area contributed by atoms with Gasteiger partial charge in [-0.25, -0.2) is 4.79 Å². The Morgan fingerprint density at radius 1 is 1.50 bits per heavy atom. The van der Waals surface area contributed by atoms with Gasteiger partial charge in [0.2, 0.25) is 5.13 Å². The molecule has 2 aromatic heterocycles. The standard InChI is InChI=1S/C14H18N4O2S2/c1-8-4-5-21-11(8)12-16-14(22-18-12)17-13(20)15-7-9-2-3-10(19)6-9/h4-5,9-10,19H,2-3,6-7H2,1H3,(H2,15,16,17,18,20)/t9-,10+/m0/s1. The second kappa shape index (κ2) is 6.72. The number of aryl methyl sites for hydroxylation is 1. The number of carbonyl (C=O) groups is 1. The van der Waals surface area contributed by atoms with Gasteiger partial charge in [0.05, 0.1) is 11.0 Å². The van der Waals surface area contributed by atoms with E-state index >= 15 is 0 Å². The summed E-state index contributed by atoms with van der Waals surface area (Å²) in [6.45, 7) is 2.60. The number of urea groups is 1. The summed E-state index contributed by atoms with van der Waals surface area (Å²) in [6.07, 6.45) is 2.34. The fourth-order valence-electron chi connectivity index (χ4n) is 2.58. The lowest BCUT2D eigenvalue weighted by atomic mass is 10.1. The molecule has 3 rings (SSSR count). The Hall–Kier alpha value is -1.51. The predicted octanol–water partition coefficient (Wildman–Crippen LogP) is 2.86. The van der Waals surface area contributed by atoms with Crippen molar-refractivity contribution in [2.24, 2.45) is 5.92 Å². The smallest absolute Gasteiger partial charge is 0.321 e. The van der Waals surface area contributed by atoms with Gasteiger partial charge < -0.3 is 10.4 Å². The molecule has 2 heterocycles. The number of hydrogen-bond donors (Lipinski definition) is 3. The van der Waals surface area contributed by atoms with Crippen molar-refractivity contribution in [3.05, 3.63) is 17.0 Å². The predicted molar refractivity (Wildman–Crippen MR) is 88.3 cm³/mol. The van der Waals surface area contributed by atoms with Crippen molar-refractivity contribution < 1.29 is 9.90 Å². The summed E-state index contributed by atoms with van der Waals surface area (Å²) in [6, 6.07) is 1.75. The van der Waals surface area contributed by atoms with Gasteiger partial charge in [0.1, 0.15) is 0 Å². The molecule has 22 heavy (non-hydrogen) atoms. The molecule has 1 saturated carbocycles. The largest absolute Gasteiger partial charge is 0.393 e. The van der Waals surface area contributed by atoms with Crippen LogP contribution in [0.5, 0.6) is 0 Å². The summed E-state index contributed by atoms with van der Waals surface area (Å²) < 4.78 is 4.29. The lowest BCUT2D eigenvalue weighted by molar-refractivity contribution is 0.177.